The maximum atomic E-state index is 6.55. The number of aromatic nitrogens is 1. The maximum absolute atomic E-state index is 6.55. The Kier molecular flexibility index (Phi) is 5.58. The van der Waals surface area contributed by atoms with Crippen LogP contribution in [-0.4, -0.2) is 4.57 Å². The van der Waals surface area contributed by atoms with Gasteiger partial charge in [0.05, 0.1) is 11.0 Å². The summed E-state index contributed by atoms with van der Waals surface area (Å²) in [7, 11) is 0. The number of nitrogens with zero attached hydrogens (tertiary/aromatic N) is 1. The first kappa shape index (κ1) is 23.6. The molecule has 0 N–H and O–H groups in total. The fraction of sp³-hybridized carbons (Fsp3) is 0.0270. The van der Waals surface area contributed by atoms with Crippen molar-refractivity contribution in [2.75, 3.05) is 0 Å². The number of hydrogen-bond acceptors (Lipinski definition) is 1. The molecule has 0 atom stereocenters. The van der Waals surface area contributed by atoms with Crippen LogP contribution in [0.2, 0.25) is 5.02 Å². The normalized spacial score (nSPS) is 12.4. The second-order valence-corrected chi connectivity index (χ2v) is 11.8. The Morgan fingerprint density at radius 2 is 1.23 bits per heavy atom. The highest BCUT2D eigenvalue weighted by atomic mass is 35.5. The predicted octanol–water partition coefficient (Wildman–Crippen LogP) is 10.8. The molecule has 0 bridgehead atoms. The van der Waals surface area contributed by atoms with E-state index in [9.17, 15) is 0 Å². The Balaban J connectivity index is 1.21. The summed E-state index contributed by atoms with van der Waals surface area (Å²) in [6.45, 7) is 0. The summed E-state index contributed by atoms with van der Waals surface area (Å²) < 4.78 is 2.36. The van der Waals surface area contributed by atoms with Gasteiger partial charge in [-0.15, -0.1) is 0 Å². The zero-order valence-electron chi connectivity index (χ0n) is 21.6. The van der Waals surface area contributed by atoms with Crippen LogP contribution in [0.5, 0.6) is 0 Å². The van der Waals surface area contributed by atoms with Crippen LogP contribution in [0.4, 0.5) is 0 Å². The topological polar surface area (TPSA) is 4.93 Å². The van der Waals surface area contributed by atoms with Crippen molar-refractivity contribution in [2.24, 2.45) is 0 Å². The molecule has 1 aliphatic rings. The standard InChI is InChI=1S/C37H24ClNS/c38-33-13-7-15-37-32(33)23-28-21-26(17-19-36(28)40-37)24-8-6-9-25(20-24)27-16-18-35-31(22-27)30-12-4-5-14-34(30)39(35)29-10-2-1-3-11-29/h1-22H,23H2. The third-order valence-corrected chi connectivity index (χ3v) is 9.51. The third kappa shape index (κ3) is 3.87. The Labute approximate surface area is 242 Å². The second-order valence-electron chi connectivity index (χ2n) is 10.3. The van der Waals surface area contributed by atoms with Gasteiger partial charge in [0.2, 0.25) is 0 Å². The van der Waals surface area contributed by atoms with Crippen molar-refractivity contribution >= 4 is 45.2 Å². The highest BCUT2D eigenvalue weighted by molar-refractivity contribution is 7.99. The van der Waals surface area contributed by atoms with Gasteiger partial charge in [-0.05, 0) is 94.0 Å². The van der Waals surface area contributed by atoms with Gasteiger partial charge in [-0.1, -0.05) is 96.2 Å². The molecule has 1 aromatic heterocycles. The van der Waals surface area contributed by atoms with Gasteiger partial charge in [0.15, 0.2) is 0 Å². The highest BCUT2D eigenvalue weighted by Crippen LogP contribution is 2.43. The summed E-state index contributed by atoms with van der Waals surface area (Å²) in [6, 6.07) is 48.1. The predicted molar refractivity (Wildman–Crippen MR) is 170 cm³/mol. The lowest BCUT2D eigenvalue weighted by Crippen LogP contribution is -2.00. The molecule has 7 aromatic rings. The van der Waals surface area contributed by atoms with E-state index in [0.717, 1.165) is 11.4 Å². The van der Waals surface area contributed by atoms with Crippen molar-refractivity contribution < 1.29 is 0 Å². The van der Waals surface area contributed by atoms with Crippen LogP contribution in [0.3, 0.4) is 0 Å². The van der Waals surface area contributed by atoms with Crippen LogP contribution >= 0.6 is 23.4 Å². The van der Waals surface area contributed by atoms with E-state index in [4.69, 9.17) is 11.6 Å². The Hall–Kier alpha value is -4.24. The first-order valence-electron chi connectivity index (χ1n) is 13.5. The summed E-state index contributed by atoms with van der Waals surface area (Å²) in [5, 5.41) is 3.39. The first-order valence-corrected chi connectivity index (χ1v) is 14.7. The molecule has 0 amide bonds. The van der Waals surface area contributed by atoms with E-state index in [2.05, 4.69) is 126 Å². The van der Waals surface area contributed by atoms with Gasteiger partial charge in [-0.2, -0.15) is 0 Å². The first-order chi connectivity index (χ1) is 19.7. The minimum atomic E-state index is 0.854. The summed E-state index contributed by atoms with van der Waals surface area (Å²) in [6.07, 6.45) is 0.868. The van der Waals surface area contributed by atoms with Crippen LogP contribution in [0.15, 0.2) is 143 Å². The number of hydrogen-bond donors (Lipinski definition) is 0. The minimum absolute atomic E-state index is 0.854. The molecule has 0 fully saturated rings. The molecule has 2 heterocycles. The smallest absolute Gasteiger partial charge is 0.0541 e. The van der Waals surface area contributed by atoms with Crippen molar-refractivity contribution in [1.29, 1.82) is 0 Å². The molecule has 3 heteroatoms. The molecule has 0 spiro atoms. The summed E-state index contributed by atoms with van der Waals surface area (Å²) in [4.78, 5) is 2.58. The molecule has 8 rings (SSSR count). The molecular formula is C37H24ClNS. The second kappa shape index (κ2) is 9.45. The van der Waals surface area contributed by atoms with Gasteiger partial charge in [-0.3, -0.25) is 0 Å². The third-order valence-electron chi connectivity index (χ3n) is 7.94. The van der Waals surface area contributed by atoms with E-state index < -0.39 is 0 Å². The molecule has 0 radical (unpaired) electrons. The zero-order chi connectivity index (χ0) is 26.6. The average molecular weight is 550 g/mol. The van der Waals surface area contributed by atoms with E-state index in [1.54, 1.807) is 0 Å². The number of benzene rings is 6. The van der Waals surface area contributed by atoms with E-state index in [-0.39, 0.29) is 0 Å². The van der Waals surface area contributed by atoms with Gasteiger partial charge in [0.1, 0.15) is 0 Å². The summed E-state index contributed by atoms with van der Waals surface area (Å²) in [5.74, 6) is 0. The van der Waals surface area contributed by atoms with Gasteiger partial charge in [0.25, 0.3) is 0 Å². The lowest BCUT2D eigenvalue weighted by atomic mass is 9.95. The van der Waals surface area contributed by atoms with Crippen molar-refractivity contribution in [1.82, 2.24) is 4.57 Å². The fourth-order valence-corrected chi connectivity index (χ4v) is 7.38. The monoisotopic (exact) mass is 549 g/mol. The largest absolute Gasteiger partial charge is 0.309 e. The Morgan fingerprint density at radius 3 is 2.10 bits per heavy atom. The number of rotatable bonds is 3. The van der Waals surface area contributed by atoms with Gasteiger partial charge in [-0.25, -0.2) is 0 Å². The number of para-hydroxylation sites is 2. The van der Waals surface area contributed by atoms with Gasteiger partial charge < -0.3 is 4.57 Å². The van der Waals surface area contributed by atoms with Crippen molar-refractivity contribution in [3.05, 3.63) is 150 Å². The van der Waals surface area contributed by atoms with Crippen molar-refractivity contribution in [3.63, 3.8) is 0 Å². The minimum Gasteiger partial charge on any atom is -0.309 e. The van der Waals surface area contributed by atoms with Gasteiger partial charge >= 0.3 is 0 Å². The molecule has 40 heavy (non-hydrogen) atoms. The molecule has 1 aliphatic heterocycles. The molecule has 190 valence electrons. The van der Waals surface area contributed by atoms with E-state index >= 15 is 0 Å². The highest BCUT2D eigenvalue weighted by Gasteiger charge is 2.19. The van der Waals surface area contributed by atoms with Gasteiger partial charge in [0, 0.05) is 37.7 Å². The van der Waals surface area contributed by atoms with Crippen LogP contribution < -0.4 is 0 Å². The van der Waals surface area contributed by atoms with Crippen LogP contribution in [-0.2, 0) is 6.42 Å². The lowest BCUT2D eigenvalue weighted by molar-refractivity contribution is 1.06. The lowest BCUT2D eigenvalue weighted by Gasteiger charge is -2.20. The maximum Gasteiger partial charge on any atom is 0.0541 e. The quantitative estimate of drug-likeness (QED) is 0.212. The van der Waals surface area contributed by atoms with Crippen LogP contribution in [0.25, 0.3) is 49.7 Å². The Bertz CT molecular complexity index is 2070. The average Bonchev–Trinajstić information content (AvgIpc) is 3.34. The number of halogens is 1. The SMILES string of the molecule is Clc1cccc2c1Cc1cc(-c3cccc(-c4ccc5c(c4)c4ccccc4n5-c4ccccc4)c3)ccc1S2. The van der Waals surface area contributed by atoms with Crippen LogP contribution in [0.1, 0.15) is 11.1 Å². The zero-order valence-corrected chi connectivity index (χ0v) is 23.2. The molecule has 0 saturated heterocycles. The molecule has 0 saturated carbocycles. The Morgan fingerprint density at radius 1 is 0.525 bits per heavy atom. The molecule has 0 unspecified atom stereocenters. The van der Waals surface area contributed by atoms with E-state index in [0.29, 0.717) is 0 Å². The number of fused-ring (bicyclic) bond motifs is 5. The van der Waals surface area contributed by atoms with Crippen molar-refractivity contribution in [2.45, 2.75) is 16.2 Å². The van der Waals surface area contributed by atoms with E-state index in [1.807, 2.05) is 23.9 Å². The molecule has 6 aromatic carbocycles. The fourth-order valence-electron chi connectivity index (χ4n) is 6.00. The van der Waals surface area contributed by atoms with Crippen LogP contribution in [0, 0.1) is 0 Å². The van der Waals surface area contributed by atoms with Crippen molar-refractivity contribution in [3.8, 4) is 27.9 Å². The molecular weight excluding hydrogens is 526 g/mol. The summed E-state index contributed by atoms with van der Waals surface area (Å²) in [5.41, 5.74) is 11.1. The summed E-state index contributed by atoms with van der Waals surface area (Å²) >= 11 is 8.37. The van der Waals surface area contributed by atoms with E-state index in [1.165, 1.54) is 70.7 Å². The molecule has 0 aliphatic carbocycles. The molecule has 1 nitrogen and oxygen atoms in total.